The molecule has 0 N–H and O–H groups in total. The van der Waals surface area contributed by atoms with Crippen LogP contribution in [0.2, 0.25) is 0 Å². The van der Waals surface area contributed by atoms with E-state index in [-0.39, 0.29) is 9.83 Å². The highest BCUT2D eigenvalue weighted by Gasteiger charge is 2.37. The minimum atomic E-state index is -0.906. The molecule has 0 aromatic heterocycles. The summed E-state index contributed by atoms with van der Waals surface area (Å²) in [4.78, 5) is 4.39. The molecule has 2 aliphatic rings. The first-order chi connectivity index (χ1) is 7.72. The lowest BCUT2D eigenvalue weighted by Crippen LogP contribution is -2.28. The third-order valence-electron chi connectivity index (χ3n) is 2.52. The second kappa shape index (κ2) is 6.02. The summed E-state index contributed by atoms with van der Waals surface area (Å²) < 4.78 is 24.6. The molecular formula is C9H15NO2S4. The molecule has 1 saturated heterocycles. The van der Waals surface area contributed by atoms with Crippen LogP contribution in [0, 0.1) is 0 Å². The fraction of sp³-hybridized carbons (Fsp3) is 0.889. The summed E-state index contributed by atoms with van der Waals surface area (Å²) >= 11 is 3.45. The van der Waals surface area contributed by atoms with E-state index in [0.717, 1.165) is 23.1 Å². The van der Waals surface area contributed by atoms with Gasteiger partial charge in [-0.25, -0.2) is 0 Å². The summed E-state index contributed by atoms with van der Waals surface area (Å²) in [6.45, 7) is 2.96. The predicted octanol–water partition coefficient (Wildman–Crippen LogP) is 1.44. The van der Waals surface area contributed by atoms with Crippen molar-refractivity contribution in [2.24, 2.45) is 4.99 Å². The van der Waals surface area contributed by atoms with E-state index < -0.39 is 21.6 Å². The van der Waals surface area contributed by atoms with Gasteiger partial charge in [0, 0.05) is 44.1 Å². The van der Waals surface area contributed by atoms with Crippen molar-refractivity contribution in [3.8, 4) is 0 Å². The Kier molecular flexibility index (Phi) is 4.93. The Morgan fingerprint density at radius 3 is 2.69 bits per heavy atom. The van der Waals surface area contributed by atoms with E-state index >= 15 is 0 Å². The topological polar surface area (TPSA) is 46.5 Å². The number of nitrogens with zero attached hydrogens (tertiary/aromatic N) is 1. The maximum Gasteiger partial charge on any atom is 0.124 e. The van der Waals surface area contributed by atoms with Crippen molar-refractivity contribution >= 4 is 49.5 Å². The van der Waals surface area contributed by atoms with Crippen LogP contribution >= 0.6 is 23.5 Å². The molecule has 2 heterocycles. The third kappa shape index (κ3) is 2.91. The minimum Gasteiger partial charge on any atom is -0.271 e. The molecule has 92 valence electrons. The monoisotopic (exact) mass is 297 g/mol. The molecular weight excluding hydrogens is 282 g/mol. The average molecular weight is 297 g/mol. The van der Waals surface area contributed by atoms with E-state index in [1.807, 2.05) is 0 Å². The van der Waals surface area contributed by atoms with Gasteiger partial charge in [-0.2, -0.15) is 0 Å². The van der Waals surface area contributed by atoms with Crippen molar-refractivity contribution in [1.29, 1.82) is 0 Å². The van der Waals surface area contributed by atoms with Crippen LogP contribution in [-0.4, -0.2) is 46.4 Å². The molecule has 7 heteroatoms. The van der Waals surface area contributed by atoms with Crippen molar-refractivity contribution in [3.63, 3.8) is 0 Å². The summed E-state index contributed by atoms with van der Waals surface area (Å²) in [5, 5.41) is 0.202. The zero-order valence-corrected chi connectivity index (χ0v) is 12.4. The second-order valence-corrected chi connectivity index (χ2v) is 9.82. The second-order valence-electron chi connectivity index (χ2n) is 3.60. The van der Waals surface area contributed by atoms with Crippen LogP contribution in [0.15, 0.2) is 4.99 Å². The number of thioether (sulfide) groups is 2. The summed E-state index contributed by atoms with van der Waals surface area (Å²) in [7, 11) is -1.81. The number of aliphatic imine (C=N–C) groups is 1. The molecule has 4 atom stereocenters. The zero-order valence-electron chi connectivity index (χ0n) is 9.09. The number of hydrogen-bond donors (Lipinski definition) is 0. The average Bonchev–Trinajstić information content (AvgIpc) is 2.87. The lowest BCUT2D eigenvalue weighted by molar-refractivity contribution is 0.672. The van der Waals surface area contributed by atoms with Gasteiger partial charge in [-0.05, 0) is 6.42 Å². The highest BCUT2D eigenvalue weighted by molar-refractivity contribution is 8.39. The Morgan fingerprint density at radius 2 is 2.19 bits per heavy atom. The molecule has 0 spiro atoms. The van der Waals surface area contributed by atoms with Crippen molar-refractivity contribution in [3.05, 3.63) is 0 Å². The third-order valence-corrected chi connectivity index (χ3v) is 9.96. The first-order valence-corrected chi connectivity index (χ1v) is 9.93. The highest BCUT2D eigenvalue weighted by Crippen LogP contribution is 2.33. The van der Waals surface area contributed by atoms with Gasteiger partial charge in [0.05, 0.1) is 6.54 Å². The molecule has 0 aromatic rings. The van der Waals surface area contributed by atoms with Crippen molar-refractivity contribution in [1.82, 2.24) is 0 Å². The van der Waals surface area contributed by atoms with Gasteiger partial charge >= 0.3 is 0 Å². The van der Waals surface area contributed by atoms with Crippen molar-refractivity contribution < 1.29 is 8.42 Å². The van der Waals surface area contributed by atoms with Crippen LogP contribution in [-0.2, 0) is 21.6 Å². The molecule has 1 fully saturated rings. The maximum absolute atomic E-state index is 11.8. The summed E-state index contributed by atoms with van der Waals surface area (Å²) in [6, 6.07) is 0. The van der Waals surface area contributed by atoms with Crippen molar-refractivity contribution in [2.75, 3.05) is 23.8 Å². The Bertz CT molecular complexity index is 328. The largest absolute Gasteiger partial charge is 0.271 e. The molecule has 3 nitrogen and oxygen atoms in total. The van der Waals surface area contributed by atoms with Gasteiger partial charge in [0.2, 0.25) is 0 Å². The lowest BCUT2D eigenvalue weighted by Gasteiger charge is -2.19. The zero-order chi connectivity index (χ0) is 11.5. The summed E-state index contributed by atoms with van der Waals surface area (Å²) in [5.74, 6) is 2.26. The van der Waals surface area contributed by atoms with Crippen LogP contribution in [0.25, 0.3) is 0 Å². The first kappa shape index (κ1) is 13.1. The molecule has 2 aliphatic heterocycles. The normalized spacial score (nSPS) is 36.3. The molecule has 16 heavy (non-hydrogen) atoms. The van der Waals surface area contributed by atoms with E-state index in [1.165, 1.54) is 0 Å². The number of hydrogen-bond acceptors (Lipinski definition) is 5. The number of rotatable bonds is 3. The molecule has 0 aliphatic carbocycles. The molecule has 0 saturated carbocycles. The van der Waals surface area contributed by atoms with Crippen LogP contribution in [0.3, 0.4) is 0 Å². The van der Waals surface area contributed by atoms with Gasteiger partial charge in [0.1, 0.15) is 8.96 Å². The first-order valence-electron chi connectivity index (χ1n) is 5.30. The molecule has 0 amide bonds. The maximum atomic E-state index is 11.8. The van der Waals surface area contributed by atoms with Gasteiger partial charge in [-0.3, -0.25) is 13.4 Å². The van der Waals surface area contributed by atoms with Crippen LogP contribution in [0.4, 0.5) is 0 Å². The fourth-order valence-corrected chi connectivity index (χ4v) is 9.29. The van der Waals surface area contributed by atoms with Gasteiger partial charge in [0.25, 0.3) is 0 Å². The molecule has 0 radical (unpaired) electrons. The molecule has 0 aromatic carbocycles. The molecule has 0 bridgehead atoms. The van der Waals surface area contributed by atoms with E-state index in [2.05, 4.69) is 11.9 Å². The summed E-state index contributed by atoms with van der Waals surface area (Å²) in [5.41, 5.74) is 0. The molecule has 2 rings (SSSR count). The SMILES string of the molecule is CCC(SC1=NCCS1)C1[S@](=O)CC[S@@]1=O. The van der Waals surface area contributed by atoms with Crippen LogP contribution in [0.5, 0.6) is 0 Å². The lowest BCUT2D eigenvalue weighted by atomic mass is 10.4. The van der Waals surface area contributed by atoms with Crippen molar-refractivity contribution in [2.45, 2.75) is 23.2 Å². The van der Waals surface area contributed by atoms with Gasteiger partial charge in [-0.1, -0.05) is 30.4 Å². The Balaban J connectivity index is 2.03. The fourth-order valence-electron chi connectivity index (χ4n) is 1.70. The predicted molar refractivity (Wildman–Crippen MR) is 76.2 cm³/mol. The Morgan fingerprint density at radius 1 is 1.50 bits per heavy atom. The smallest absolute Gasteiger partial charge is 0.124 e. The standard InChI is InChI=1S/C9H15NO2S4/c1-2-7(14-9-10-3-4-13-9)8-15(11)5-6-16(8)12/h7-8H,2-6H2,1H3/t7?,8?,15-,16+. The van der Waals surface area contributed by atoms with Gasteiger partial charge in [-0.15, -0.1) is 0 Å². The molecule has 2 unspecified atom stereocenters. The quantitative estimate of drug-likeness (QED) is 0.791. The van der Waals surface area contributed by atoms with E-state index in [0.29, 0.717) is 11.5 Å². The minimum absolute atomic E-state index is 0.140. The van der Waals surface area contributed by atoms with Crippen LogP contribution < -0.4 is 0 Å². The van der Waals surface area contributed by atoms with E-state index in [4.69, 9.17) is 0 Å². The van der Waals surface area contributed by atoms with Crippen LogP contribution in [0.1, 0.15) is 13.3 Å². The Labute approximate surface area is 110 Å². The summed E-state index contributed by atoms with van der Waals surface area (Å²) in [6.07, 6.45) is 0.909. The van der Waals surface area contributed by atoms with Gasteiger partial charge in [0.15, 0.2) is 0 Å². The Hall–Kier alpha value is 0.670. The van der Waals surface area contributed by atoms with Gasteiger partial charge < -0.3 is 0 Å². The van der Waals surface area contributed by atoms with E-state index in [1.54, 1.807) is 23.5 Å². The van der Waals surface area contributed by atoms with E-state index in [9.17, 15) is 8.42 Å². The highest BCUT2D eigenvalue weighted by atomic mass is 32.3.